The Morgan fingerprint density at radius 2 is 2.06 bits per heavy atom. The smallest absolute Gasteiger partial charge is 0.167 e. The molecule has 2 rings (SSSR count). The first-order valence-corrected chi connectivity index (χ1v) is 5.35. The quantitative estimate of drug-likeness (QED) is 0.844. The van der Waals surface area contributed by atoms with Gasteiger partial charge in [0.15, 0.2) is 11.6 Å². The first kappa shape index (κ1) is 12.1. The van der Waals surface area contributed by atoms with Crippen LogP contribution in [0.3, 0.4) is 0 Å². The molecule has 0 aliphatic heterocycles. The average Bonchev–Trinajstić information content (AvgIpc) is 2.28. The van der Waals surface area contributed by atoms with Crippen molar-refractivity contribution >= 4 is 22.5 Å². The summed E-state index contributed by atoms with van der Waals surface area (Å²) in [5.74, 6) is -0.307. The summed E-state index contributed by atoms with van der Waals surface area (Å²) in [5, 5.41) is 1.16. The topological polar surface area (TPSA) is 31.4 Å². The minimum Gasteiger partial charge on any atom is -0.494 e. The van der Waals surface area contributed by atoms with Crippen molar-refractivity contribution in [2.75, 3.05) is 14.2 Å². The Labute approximate surface area is 103 Å². The SMILES string of the molecule is COCc1cc(Cl)c2cc(OC)c(F)cc2n1. The van der Waals surface area contributed by atoms with E-state index in [0.29, 0.717) is 28.2 Å². The highest BCUT2D eigenvalue weighted by Crippen LogP contribution is 2.29. The Morgan fingerprint density at radius 3 is 2.71 bits per heavy atom. The molecule has 90 valence electrons. The number of halogens is 2. The van der Waals surface area contributed by atoms with Crippen LogP contribution in [0.5, 0.6) is 5.75 Å². The maximum Gasteiger partial charge on any atom is 0.167 e. The van der Waals surface area contributed by atoms with E-state index in [2.05, 4.69) is 4.98 Å². The molecule has 0 fully saturated rings. The van der Waals surface area contributed by atoms with E-state index in [9.17, 15) is 4.39 Å². The van der Waals surface area contributed by atoms with Gasteiger partial charge in [-0.1, -0.05) is 11.6 Å². The van der Waals surface area contributed by atoms with Crippen LogP contribution in [0.4, 0.5) is 4.39 Å². The van der Waals surface area contributed by atoms with Crippen molar-refractivity contribution in [3.05, 3.63) is 34.7 Å². The fraction of sp³-hybridized carbons (Fsp3) is 0.250. The second-order valence-electron chi connectivity index (χ2n) is 3.53. The van der Waals surface area contributed by atoms with Gasteiger partial charge in [0.1, 0.15) is 0 Å². The number of hydrogen-bond acceptors (Lipinski definition) is 3. The zero-order valence-corrected chi connectivity index (χ0v) is 10.2. The molecule has 0 aliphatic carbocycles. The van der Waals surface area contributed by atoms with Gasteiger partial charge in [0, 0.05) is 18.6 Å². The molecule has 0 unspecified atom stereocenters. The van der Waals surface area contributed by atoms with Crippen molar-refractivity contribution in [3.8, 4) is 5.75 Å². The van der Waals surface area contributed by atoms with Gasteiger partial charge >= 0.3 is 0 Å². The zero-order chi connectivity index (χ0) is 12.4. The number of ether oxygens (including phenoxy) is 2. The molecule has 2 aromatic rings. The summed E-state index contributed by atoms with van der Waals surface area (Å²) in [6.45, 7) is 0.337. The fourth-order valence-electron chi connectivity index (χ4n) is 1.62. The fourth-order valence-corrected chi connectivity index (χ4v) is 1.89. The van der Waals surface area contributed by atoms with Crippen molar-refractivity contribution in [2.45, 2.75) is 6.61 Å². The van der Waals surface area contributed by atoms with E-state index in [1.54, 1.807) is 13.2 Å². The summed E-state index contributed by atoms with van der Waals surface area (Å²) in [4.78, 5) is 4.26. The van der Waals surface area contributed by atoms with Gasteiger partial charge in [-0.3, -0.25) is 4.98 Å². The van der Waals surface area contributed by atoms with E-state index in [4.69, 9.17) is 21.1 Å². The van der Waals surface area contributed by atoms with Crippen LogP contribution in [0.1, 0.15) is 5.69 Å². The third kappa shape index (κ3) is 2.33. The van der Waals surface area contributed by atoms with Gasteiger partial charge < -0.3 is 9.47 Å². The number of fused-ring (bicyclic) bond motifs is 1. The molecule has 0 spiro atoms. The van der Waals surface area contributed by atoms with Crippen LogP contribution in [0.2, 0.25) is 5.02 Å². The predicted octanol–water partition coefficient (Wildman–Crippen LogP) is 3.18. The number of nitrogens with zero attached hydrogens (tertiary/aromatic N) is 1. The minimum absolute atomic E-state index is 0.153. The Hall–Kier alpha value is -1.39. The van der Waals surface area contributed by atoms with Crippen molar-refractivity contribution < 1.29 is 13.9 Å². The van der Waals surface area contributed by atoms with Crippen LogP contribution in [-0.2, 0) is 11.3 Å². The first-order valence-electron chi connectivity index (χ1n) is 4.97. The first-order chi connectivity index (χ1) is 8.15. The Balaban J connectivity index is 2.64. The molecule has 1 aromatic heterocycles. The molecule has 0 amide bonds. The van der Waals surface area contributed by atoms with Crippen molar-refractivity contribution in [1.82, 2.24) is 4.98 Å². The molecule has 0 saturated carbocycles. The lowest BCUT2D eigenvalue weighted by molar-refractivity contribution is 0.182. The number of methoxy groups -OCH3 is 2. The van der Waals surface area contributed by atoms with Gasteiger partial charge in [-0.25, -0.2) is 4.39 Å². The average molecular weight is 256 g/mol. The molecule has 17 heavy (non-hydrogen) atoms. The molecular formula is C12H11ClFNO2. The molecule has 0 aliphatic rings. The van der Waals surface area contributed by atoms with Gasteiger partial charge in [0.05, 0.1) is 29.9 Å². The van der Waals surface area contributed by atoms with Gasteiger partial charge in [0.25, 0.3) is 0 Å². The van der Waals surface area contributed by atoms with E-state index in [1.165, 1.54) is 19.2 Å². The predicted molar refractivity (Wildman–Crippen MR) is 64.0 cm³/mol. The van der Waals surface area contributed by atoms with Crippen molar-refractivity contribution in [2.24, 2.45) is 0 Å². The Kier molecular flexibility index (Phi) is 3.45. The van der Waals surface area contributed by atoms with E-state index in [1.807, 2.05) is 0 Å². The molecule has 1 heterocycles. The van der Waals surface area contributed by atoms with E-state index in [-0.39, 0.29) is 5.75 Å². The van der Waals surface area contributed by atoms with E-state index < -0.39 is 5.82 Å². The number of hydrogen-bond donors (Lipinski definition) is 0. The molecule has 0 atom stereocenters. The lowest BCUT2D eigenvalue weighted by Gasteiger charge is -2.07. The lowest BCUT2D eigenvalue weighted by Crippen LogP contribution is -1.95. The van der Waals surface area contributed by atoms with Crippen LogP contribution in [0, 0.1) is 5.82 Å². The number of benzene rings is 1. The third-order valence-corrected chi connectivity index (χ3v) is 2.69. The standard InChI is InChI=1S/C12H11ClFNO2/c1-16-6-7-3-9(13)8-4-12(17-2)10(14)5-11(8)15-7/h3-5H,6H2,1-2H3. The van der Waals surface area contributed by atoms with E-state index >= 15 is 0 Å². The van der Waals surface area contributed by atoms with Crippen LogP contribution in [0.15, 0.2) is 18.2 Å². The van der Waals surface area contributed by atoms with Crippen molar-refractivity contribution in [1.29, 1.82) is 0 Å². The minimum atomic E-state index is -0.460. The van der Waals surface area contributed by atoms with Crippen LogP contribution < -0.4 is 4.74 Å². The zero-order valence-electron chi connectivity index (χ0n) is 9.46. The summed E-state index contributed by atoms with van der Waals surface area (Å²) in [5.41, 5.74) is 1.15. The summed E-state index contributed by atoms with van der Waals surface area (Å²) < 4.78 is 23.4. The molecule has 5 heteroatoms. The second-order valence-corrected chi connectivity index (χ2v) is 3.94. The van der Waals surface area contributed by atoms with Crippen LogP contribution >= 0.6 is 11.6 Å². The maximum atomic E-state index is 13.5. The molecule has 1 aromatic carbocycles. The lowest BCUT2D eigenvalue weighted by atomic mass is 10.2. The maximum absolute atomic E-state index is 13.5. The Morgan fingerprint density at radius 1 is 1.29 bits per heavy atom. The van der Waals surface area contributed by atoms with Gasteiger partial charge in [-0.2, -0.15) is 0 Å². The highest BCUT2D eigenvalue weighted by Gasteiger charge is 2.10. The third-order valence-electron chi connectivity index (χ3n) is 2.38. The van der Waals surface area contributed by atoms with Crippen LogP contribution in [-0.4, -0.2) is 19.2 Å². The molecule has 0 bridgehead atoms. The second kappa shape index (κ2) is 4.85. The van der Waals surface area contributed by atoms with Gasteiger partial charge in [-0.15, -0.1) is 0 Å². The number of pyridine rings is 1. The van der Waals surface area contributed by atoms with Gasteiger partial charge in [0.2, 0.25) is 0 Å². The largest absolute Gasteiger partial charge is 0.494 e. The van der Waals surface area contributed by atoms with Crippen molar-refractivity contribution in [3.63, 3.8) is 0 Å². The monoisotopic (exact) mass is 255 g/mol. The summed E-state index contributed by atoms with van der Waals surface area (Å²) in [7, 11) is 2.97. The summed E-state index contributed by atoms with van der Waals surface area (Å²) in [6.07, 6.45) is 0. The molecule has 0 N–H and O–H groups in total. The molecule has 3 nitrogen and oxygen atoms in total. The van der Waals surface area contributed by atoms with Crippen LogP contribution in [0.25, 0.3) is 10.9 Å². The Bertz CT molecular complexity index is 560. The summed E-state index contributed by atoms with van der Waals surface area (Å²) in [6, 6.07) is 4.54. The molecule has 0 radical (unpaired) electrons. The highest BCUT2D eigenvalue weighted by molar-refractivity contribution is 6.35. The normalized spacial score (nSPS) is 10.8. The van der Waals surface area contributed by atoms with Gasteiger partial charge in [-0.05, 0) is 12.1 Å². The van der Waals surface area contributed by atoms with E-state index in [0.717, 1.165) is 0 Å². The number of rotatable bonds is 3. The number of aromatic nitrogens is 1. The highest BCUT2D eigenvalue weighted by atomic mass is 35.5. The molecular weight excluding hydrogens is 245 g/mol. The summed E-state index contributed by atoms with van der Waals surface area (Å²) >= 11 is 6.11. The molecule has 0 saturated heterocycles.